The van der Waals surface area contributed by atoms with Crippen LogP contribution < -0.4 is 4.90 Å². The molecular weight excluding hydrogens is 188 g/mol. The molecule has 0 aromatic carbocycles. The maximum absolute atomic E-state index is 10.5. The van der Waals surface area contributed by atoms with Crippen molar-refractivity contribution in [2.45, 2.75) is 19.9 Å². The molecule has 0 aliphatic carbocycles. The zero-order valence-electron chi connectivity index (χ0n) is 9.18. The highest BCUT2D eigenvalue weighted by atomic mass is 16.1. The van der Waals surface area contributed by atoms with Crippen LogP contribution in [0.2, 0.25) is 0 Å². The lowest BCUT2D eigenvalue weighted by Crippen LogP contribution is -2.31. The summed E-state index contributed by atoms with van der Waals surface area (Å²) in [5, 5.41) is 0. The summed E-state index contributed by atoms with van der Waals surface area (Å²) < 4.78 is 0. The standard InChI is InChI=1S/C12H16N2O/c1-4-7-14(10(2)3)12-6-5-11(9-15)8-13-12/h4-6,8-10H,1,7H2,2-3H3. The summed E-state index contributed by atoms with van der Waals surface area (Å²) in [4.78, 5) is 16.8. The lowest BCUT2D eigenvalue weighted by molar-refractivity contribution is 0.112. The van der Waals surface area contributed by atoms with E-state index in [0.717, 1.165) is 18.6 Å². The number of nitrogens with zero attached hydrogens (tertiary/aromatic N) is 2. The summed E-state index contributed by atoms with van der Waals surface area (Å²) >= 11 is 0. The van der Waals surface area contributed by atoms with E-state index in [4.69, 9.17) is 0 Å². The molecule has 0 spiro atoms. The van der Waals surface area contributed by atoms with Crippen LogP contribution in [0, 0.1) is 0 Å². The van der Waals surface area contributed by atoms with Gasteiger partial charge in [-0.2, -0.15) is 0 Å². The molecule has 0 aliphatic rings. The average molecular weight is 204 g/mol. The SMILES string of the molecule is C=CCN(c1ccc(C=O)cn1)C(C)C. The number of anilines is 1. The second kappa shape index (κ2) is 5.29. The summed E-state index contributed by atoms with van der Waals surface area (Å²) in [6.45, 7) is 8.66. The molecule has 3 nitrogen and oxygen atoms in total. The number of hydrogen-bond donors (Lipinski definition) is 0. The summed E-state index contributed by atoms with van der Waals surface area (Å²) in [6, 6.07) is 3.98. The molecule has 0 amide bonds. The minimum absolute atomic E-state index is 0.359. The second-order valence-electron chi connectivity index (χ2n) is 3.60. The Morgan fingerprint density at radius 1 is 1.53 bits per heavy atom. The van der Waals surface area contributed by atoms with E-state index in [2.05, 4.69) is 30.3 Å². The first kappa shape index (κ1) is 11.4. The number of hydrogen-bond acceptors (Lipinski definition) is 3. The first-order valence-electron chi connectivity index (χ1n) is 4.97. The Bertz CT molecular complexity index is 330. The van der Waals surface area contributed by atoms with Crippen LogP contribution in [0.5, 0.6) is 0 Å². The molecule has 0 saturated carbocycles. The van der Waals surface area contributed by atoms with Gasteiger partial charge < -0.3 is 4.90 Å². The first-order chi connectivity index (χ1) is 7.19. The molecule has 0 saturated heterocycles. The number of aldehydes is 1. The Morgan fingerprint density at radius 2 is 2.27 bits per heavy atom. The van der Waals surface area contributed by atoms with Crippen molar-refractivity contribution in [1.29, 1.82) is 0 Å². The van der Waals surface area contributed by atoms with Crippen LogP contribution in [-0.4, -0.2) is 23.9 Å². The van der Waals surface area contributed by atoms with Gasteiger partial charge in [0.05, 0.1) is 0 Å². The van der Waals surface area contributed by atoms with Gasteiger partial charge in [-0.25, -0.2) is 4.98 Å². The predicted octanol–water partition coefficient (Wildman–Crippen LogP) is 2.29. The minimum Gasteiger partial charge on any atom is -0.350 e. The monoisotopic (exact) mass is 204 g/mol. The van der Waals surface area contributed by atoms with Crippen LogP contribution in [0.3, 0.4) is 0 Å². The molecule has 3 heteroatoms. The van der Waals surface area contributed by atoms with Crippen molar-refractivity contribution < 1.29 is 4.79 Å². The third-order valence-electron chi connectivity index (χ3n) is 2.15. The van der Waals surface area contributed by atoms with Gasteiger partial charge in [-0.3, -0.25) is 4.79 Å². The van der Waals surface area contributed by atoms with Gasteiger partial charge >= 0.3 is 0 Å². The Morgan fingerprint density at radius 3 is 2.67 bits per heavy atom. The largest absolute Gasteiger partial charge is 0.350 e. The highest BCUT2D eigenvalue weighted by molar-refractivity contribution is 5.74. The van der Waals surface area contributed by atoms with Gasteiger partial charge in [0.25, 0.3) is 0 Å². The molecule has 0 radical (unpaired) electrons. The summed E-state index contributed by atoms with van der Waals surface area (Å²) in [7, 11) is 0. The van der Waals surface area contributed by atoms with Crippen molar-refractivity contribution in [2.75, 3.05) is 11.4 Å². The smallest absolute Gasteiger partial charge is 0.151 e. The van der Waals surface area contributed by atoms with Crippen molar-refractivity contribution in [3.05, 3.63) is 36.5 Å². The maximum Gasteiger partial charge on any atom is 0.151 e. The van der Waals surface area contributed by atoms with Crippen molar-refractivity contribution in [3.8, 4) is 0 Å². The zero-order valence-corrected chi connectivity index (χ0v) is 9.18. The van der Waals surface area contributed by atoms with Gasteiger partial charge in [0.15, 0.2) is 6.29 Å². The molecule has 0 atom stereocenters. The van der Waals surface area contributed by atoms with E-state index >= 15 is 0 Å². The van der Waals surface area contributed by atoms with Crippen LogP contribution >= 0.6 is 0 Å². The molecule has 1 aromatic rings. The van der Waals surface area contributed by atoms with E-state index in [-0.39, 0.29) is 0 Å². The number of carbonyl (C=O) groups is 1. The molecule has 1 aromatic heterocycles. The van der Waals surface area contributed by atoms with Gasteiger partial charge in [-0.15, -0.1) is 6.58 Å². The van der Waals surface area contributed by atoms with Gasteiger partial charge in [0.2, 0.25) is 0 Å². The number of pyridine rings is 1. The number of rotatable bonds is 5. The van der Waals surface area contributed by atoms with Crippen LogP contribution in [0.1, 0.15) is 24.2 Å². The quantitative estimate of drug-likeness (QED) is 0.545. The van der Waals surface area contributed by atoms with Crippen molar-refractivity contribution in [3.63, 3.8) is 0 Å². The summed E-state index contributed by atoms with van der Waals surface area (Å²) in [5.74, 6) is 0.871. The van der Waals surface area contributed by atoms with Crippen LogP contribution in [0.4, 0.5) is 5.82 Å². The van der Waals surface area contributed by atoms with E-state index < -0.39 is 0 Å². The molecule has 1 heterocycles. The minimum atomic E-state index is 0.359. The third kappa shape index (κ3) is 2.91. The Hall–Kier alpha value is -1.64. The van der Waals surface area contributed by atoms with Gasteiger partial charge in [0.1, 0.15) is 5.82 Å². The molecule has 1 rings (SSSR count). The first-order valence-corrected chi connectivity index (χ1v) is 4.97. The topological polar surface area (TPSA) is 33.2 Å². The fourth-order valence-electron chi connectivity index (χ4n) is 1.35. The Kier molecular flexibility index (Phi) is 4.03. The van der Waals surface area contributed by atoms with Crippen molar-refractivity contribution in [2.24, 2.45) is 0 Å². The molecule has 0 N–H and O–H groups in total. The fourth-order valence-corrected chi connectivity index (χ4v) is 1.35. The predicted molar refractivity (Wildman–Crippen MR) is 62.3 cm³/mol. The fraction of sp³-hybridized carbons (Fsp3) is 0.333. The van der Waals surface area contributed by atoms with E-state index in [1.54, 1.807) is 12.3 Å². The van der Waals surface area contributed by atoms with Crippen LogP contribution in [0.15, 0.2) is 31.0 Å². The normalized spacial score (nSPS) is 10.1. The molecule has 0 aliphatic heterocycles. The lowest BCUT2D eigenvalue weighted by Gasteiger charge is -2.26. The van der Waals surface area contributed by atoms with Gasteiger partial charge in [-0.05, 0) is 26.0 Å². The van der Waals surface area contributed by atoms with Crippen molar-refractivity contribution >= 4 is 12.1 Å². The van der Waals surface area contributed by atoms with E-state index in [0.29, 0.717) is 11.6 Å². The summed E-state index contributed by atoms with van der Waals surface area (Å²) in [5.41, 5.74) is 0.598. The second-order valence-corrected chi connectivity index (χ2v) is 3.60. The highest BCUT2D eigenvalue weighted by Gasteiger charge is 2.09. The molecule has 15 heavy (non-hydrogen) atoms. The third-order valence-corrected chi connectivity index (χ3v) is 2.15. The Labute approximate surface area is 90.4 Å². The van der Waals surface area contributed by atoms with Crippen LogP contribution in [-0.2, 0) is 0 Å². The average Bonchev–Trinajstić information content (AvgIpc) is 2.26. The van der Waals surface area contributed by atoms with Gasteiger partial charge in [0, 0.05) is 24.3 Å². The molecule has 0 fully saturated rings. The van der Waals surface area contributed by atoms with Gasteiger partial charge in [-0.1, -0.05) is 6.08 Å². The van der Waals surface area contributed by atoms with E-state index in [1.165, 1.54) is 0 Å². The maximum atomic E-state index is 10.5. The number of carbonyl (C=O) groups excluding carboxylic acids is 1. The van der Waals surface area contributed by atoms with Crippen molar-refractivity contribution in [1.82, 2.24) is 4.98 Å². The van der Waals surface area contributed by atoms with E-state index in [1.807, 2.05) is 12.1 Å². The Balaban J connectivity index is 2.90. The molecule has 0 bridgehead atoms. The highest BCUT2D eigenvalue weighted by Crippen LogP contribution is 2.13. The molecule has 0 unspecified atom stereocenters. The zero-order chi connectivity index (χ0) is 11.3. The van der Waals surface area contributed by atoms with Crippen LogP contribution in [0.25, 0.3) is 0 Å². The molecular formula is C12H16N2O. The summed E-state index contributed by atoms with van der Waals surface area (Å²) in [6.07, 6.45) is 4.22. The van der Waals surface area contributed by atoms with E-state index in [9.17, 15) is 4.79 Å². The number of aromatic nitrogens is 1. The lowest BCUT2D eigenvalue weighted by atomic mass is 10.2. The molecule has 80 valence electrons.